The zero-order valence-corrected chi connectivity index (χ0v) is 11.4. The maximum absolute atomic E-state index is 11.9. The standard InChI is InChI=1S/C14H17NO5/c1-9(16)3-8-12(14(19)20-2)15-13(18)10-4-6-11(17)7-5-10/h4-7,12,17H,3,8H2,1-2H3,(H,15,18)/t12-/m1/s1. The van der Waals surface area contributed by atoms with Crippen LogP contribution in [0.15, 0.2) is 24.3 Å². The number of ether oxygens (including phenoxy) is 1. The topological polar surface area (TPSA) is 92.7 Å². The van der Waals surface area contributed by atoms with Crippen molar-refractivity contribution >= 4 is 17.7 Å². The number of aromatic hydroxyl groups is 1. The number of rotatable bonds is 6. The quantitative estimate of drug-likeness (QED) is 0.759. The van der Waals surface area contributed by atoms with E-state index in [0.29, 0.717) is 5.56 Å². The summed E-state index contributed by atoms with van der Waals surface area (Å²) in [4.78, 5) is 34.5. The van der Waals surface area contributed by atoms with E-state index >= 15 is 0 Å². The van der Waals surface area contributed by atoms with Gasteiger partial charge in [0, 0.05) is 12.0 Å². The molecule has 0 fully saturated rings. The number of esters is 1. The molecular formula is C14H17NO5. The molecule has 1 rings (SSSR count). The average Bonchev–Trinajstić information content (AvgIpc) is 2.42. The van der Waals surface area contributed by atoms with Gasteiger partial charge in [-0.25, -0.2) is 4.79 Å². The summed E-state index contributed by atoms with van der Waals surface area (Å²) in [5, 5.41) is 11.7. The SMILES string of the molecule is COC(=O)[C@@H](CCC(C)=O)NC(=O)c1ccc(O)cc1. The molecule has 20 heavy (non-hydrogen) atoms. The normalized spacial score (nSPS) is 11.5. The molecule has 0 aliphatic carbocycles. The molecule has 0 saturated carbocycles. The number of amides is 1. The van der Waals surface area contributed by atoms with E-state index < -0.39 is 17.9 Å². The van der Waals surface area contributed by atoms with Gasteiger partial charge in [-0.1, -0.05) is 0 Å². The zero-order valence-electron chi connectivity index (χ0n) is 11.4. The number of hydrogen-bond donors (Lipinski definition) is 2. The van der Waals surface area contributed by atoms with E-state index in [0.717, 1.165) is 0 Å². The van der Waals surface area contributed by atoms with Crippen molar-refractivity contribution < 1.29 is 24.2 Å². The van der Waals surface area contributed by atoms with Crippen molar-refractivity contribution in [1.82, 2.24) is 5.32 Å². The van der Waals surface area contributed by atoms with E-state index in [1.165, 1.54) is 38.3 Å². The van der Waals surface area contributed by atoms with Crippen LogP contribution in [0.1, 0.15) is 30.1 Å². The molecule has 0 unspecified atom stereocenters. The molecule has 0 bridgehead atoms. The smallest absolute Gasteiger partial charge is 0.328 e. The van der Waals surface area contributed by atoms with Crippen LogP contribution in [0.5, 0.6) is 5.75 Å². The molecule has 6 nitrogen and oxygen atoms in total. The lowest BCUT2D eigenvalue weighted by molar-refractivity contribution is -0.143. The number of ketones is 1. The summed E-state index contributed by atoms with van der Waals surface area (Å²) < 4.78 is 4.60. The molecule has 0 spiro atoms. The van der Waals surface area contributed by atoms with Gasteiger partial charge in [0.05, 0.1) is 7.11 Å². The lowest BCUT2D eigenvalue weighted by atomic mass is 10.1. The fourth-order valence-electron chi connectivity index (χ4n) is 1.59. The first kappa shape index (κ1) is 15.7. The third-order valence-corrected chi connectivity index (χ3v) is 2.71. The third-order valence-electron chi connectivity index (χ3n) is 2.71. The van der Waals surface area contributed by atoms with Crippen LogP contribution in [-0.4, -0.2) is 35.9 Å². The molecule has 1 atom stereocenters. The number of methoxy groups -OCH3 is 1. The highest BCUT2D eigenvalue weighted by Gasteiger charge is 2.22. The lowest BCUT2D eigenvalue weighted by Gasteiger charge is -2.15. The van der Waals surface area contributed by atoms with Gasteiger partial charge < -0.3 is 20.0 Å². The number of phenols is 1. The fourth-order valence-corrected chi connectivity index (χ4v) is 1.59. The van der Waals surface area contributed by atoms with Gasteiger partial charge in [-0.2, -0.15) is 0 Å². The largest absolute Gasteiger partial charge is 0.508 e. The van der Waals surface area contributed by atoms with Crippen LogP contribution in [0.3, 0.4) is 0 Å². The highest BCUT2D eigenvalue weighted by molar-refractivity contribution is 5.97. The van der Waals surface area contributed by atoms with Crippen LogP contribution < -0.4 is 5.32 Å². The summed E-state index contributed by atoms with van der Waals surface area (Å²) in [5.41, 5.74) is 0.305. The second-order valence-electron chi connectivity index (χ2n) is 4.34. The summed E-state index contributed by atoms with van der Waals surface area (Å²) >= 11 is 0. The molecule has 0 heterocycles. The Balaban J connectivity index is 2.72. The predicted octanol–water partition coefficient (Wildman–Crippen LogP) is 1.03. The van der Waals surface area contributed by atoms with Crippen molar-refractivity contribution in [3.8, 4) is 5.75 Å². The summed E-state index contributed by atoms with van der Waals surface area (Å²) in [5.74, 6) is -1.09. The van der Waals surface area contributed by atoms with Gasteiger partial charge in [-0.15, -0.1) is 0 Å². The van der Waals surface area contributed by atoms with Crippen LogP contribution in [0.4, 0.5) is 0 Å². The molecule has 1 aromatic carbocycles. The first-order valence-corrected chi connectivity index (χ1v) is 6.11. The minimum Gasteiger partial charge on any atom is -0.508 e. The van der Waals surface area contributed by atoms with Crippen LogP contribution in [0.2, 0.25) is 0 Å². The molecule has 1 amide bonds. The average molecular weight is 279 g/mol. The first-order chi connectivity index (χ1) is 9.43. The lowest BCUT2D eigenvalue weighted by Crippen LogP contribution is -2.41. The number of carbonyl (C=O) groups excluding carboxylic acids is 3. The van der Waals surface area contributed by atoms with Crippen LogP contribution >= 0.6 is 0 Å². The van der Waals surface area contributed by atoms with Crippen molar-refractivity contribution in [2.75, 3.05) is 7.11 Å². The van der Waals surface area contributed by atoms with Gasteiger partial charge in [0.2, 0.25) is 0 Å². The number of benzene rings is 1. The van der Waals surface area contributed by atoms with Gasteiger partial charge in [0.1, 0.15) is 17.6 Å². The summed E-state index contributed by atoms with van der Waals surface area (Å²) in [6.45, 7) is 1.41. The second kappa shape index (κ2) is 7.28. The van der Waals surface area contributed by atoms with E-state index in [1.807, 2.05) is 0 Å². The van der Waals surface area contributed by atoms with E-state index in [2.05, 4.69) is 10.1 Å². The van der Waals surface area contributed by atoms with Crippen molar-refractivity contribution in [2.45, 2.75) is 25.8 Å². The Hall–Kier alpha value is -2.37. The minimum absolute atomic E-state index is 0.0441. The first-order valence-electron chi connectivity index (χ1n) is 6.11. The Morgan fingerprint density at radius 3 is 2.35 bits per heavy atom. The number of Topliss-reactive ketones (excluding diaryl/α,β-unsaturated/α-hetero) is 1. The van der Waals surface area contributed by atoms with Crippen LogP contribution in [-0.2, 0) is 14.3 Å². The highest BCUT2D eigenvalue weighted by atomic mass is 16.5. The predicted molar refractivity (Wildman–Crippen MR) is 71.3 cm³/mol. The summed E-state index contributed by atoms with van der Waals surface area (Å²) in [6, 6.07) is 4.74. The minimum atomic E-state index is -0.870. The number of hydrogen-bond acceptors (Lipinski definition) is 5. The maximum atomic E-state index is 11.9. The van der Waals surface area contributed by atoms with E-state index in [-0.39, 0.29) is 24.4 Å². The molecule has 0 aliphatic heterocycles. The molecule has 1 aromatic rings. The zero-order chi connectivity index (χ0) is 15.1. The molecule has 6 heteroatoms. The van der Waals surface area contributed by atoms with Gasteiger partial charge in [0.15, 0.2) is 0 Å². The van der Waals surface area contributed by atoms with Gasteiger partial charge in [-0.3, -0.25) is 4.79 Å². The Morgan fingerprint density at radius 1 is 1.25 bits per heavy atom. The highest BCUT2D eigenvalue weighted by Crippen LogP contribution is 2.10. The molecule has 108 valence electrons. The Labute approximate surface area is 116 Å². The van der Waals surface area contributed by atoms with Gasteiger partial charge in [-0.05, 0) is 37.6 Å². The van der Waals surface area contributed by atoms with Crippen molar-refractivity contribution in [1.29, 1.82) is 0 Å². The van der Waals surface area contributed by atoms with E-state index in [4.69, 9.17) is 5.11 Å². The van der Waals surface area contributed by atoms with Crippen molar-refractivity contribution in [3.05, 3.63) is 29.8 Å². The Bertz CT molecular complexity index is 495. The van der Waals surface area contributed by atoms with Crippen molar-refractivity contribution in [2.24, 2.45) is 0 Å². The van der Waals surface area contributed by atoms with Crippen molar-refractivity contribution in [3.63, 3.8) is 0 Å². The maximum Gasteiger partial charge on any atom is 0.328 e. The molecule has 2 N–H and O–H groups in total. The van der Waals surface area contributed by atoms with Gasteiger partial charge in [0.25, 0.3) is 5.91 Å². The monoisotopic (exact) mass is 279 g/mol. The molecule has 0 aliphatic rings. The molecule has 0 radical (unpaired) electrons. The van der Waals surface area contributed by atoms with E-state index in [1.54, 1.807) is 0 Å². The molecule has 0 saturated heterocycles. The number of nitrogens with one attached hydrogen (secondary N) is 1. The van der Waals surface area contributed by atoms with Crippen LogP contribution in [0, 0.1) is 0 Å². The Morgan fingerprint density at radius 2 is 1.85 bits per heavy atom. The molecule has 0 aromatic heterocycles. The van der Waals surface area contributed by atoms with Gasteiger partial charge >= 0.3 is 5.97 Å². The number of phenolic OH excluding ortho intramolecular Hbond substituents is 1. The van der Waals surface area contributed by atoms with E-state index in [9.17, 15) is 14.4 Å². The fraction of sp³-hybridized carbons (Fsp3) is 0.357. The number of carbonyl (C=O) groups is 3. The summed E-state index contributed by atoms with van der Waals surface area (Å²) in [6.07, 6.45) is 0.363. The second-order valence-corrected chi connectivity index (χ2v) is 4.34. The third kappa shape index (κ3) is 4.72. The molecular weight excluding hydrogens is 262 g/mol. The summed E-state index contributed by atoms with van der Waals surface area (Å²) in [7, 11) is 1.22. The van der Waals surface area contributed by atoms with Crippen LogP contribution in [0.25, 0.3) is 0 Å². The Kier molecular flexibility index (Phi) is 5.71.